The number of Topliss-reactive ketones (excluding diaryl/α,β-unsaturated/α-hetero) is 2. The zero-order valence-corrected chi connectivity index (χ0v) is 12.2. The molecule has 0 unspecified atom stereocenters. The molecule has 0 bridgehead atoms. The lowest BCUT2D eigenvalue weighted by Crippen LogP contribution is -2.31. The quantitative estimate of drug-likeness (QED) is 0.836. The first-order chi connectivity index (χ1) is 10.7. The van der Waals surface area contributed by atoms with E-state index in [0.717, 1.165) is 0 Å². The summed E-state index contributed by atoms with van der Waals surface area (Å²) in [4.78, 5) is 24.8. The topological polar surface area (TPSA) is 56.5 Å². The van der Waals surface area contributed by atoms with E-state index in [-0.39, 0.29) is 16.5 Å². The Morgan fingerprint density at radius 3 is 2.35 bits per heavy atom. The Bertz CT molecular complexity index is 856. The van der Waals surface area contributed by atoms with Gasteiger partial charge in [0.2, 0.25) is 5.78 Å². The Hall–Kier alpha value is -2.57. The van der Waals surface area contributed by atoms with Gasteiger partial charge in [0.1, 0.15) is 11.2 Å². The second-order valence-corrected chi connectivity index (χ2v) is 5.33. The van der Waals surface area contributed by atoms with Crippen molar-refractivity contribution in [3.8, 4) is 0 Å². The van der Waals surface area contributed by atoms with E-state index in [1.54, 1.807) is 12.1 Å². The number of halogens is 3. The molecule has 3 rings (SSSR count). The van der Waals surface area contributed by atoms with Crippen LogP contribution in [0.3, 0.4) is 0 Å². The Morgan fingerprint density at radius 1 is 1.09 bits per heavy atom. The second-order valence-electron chi connectivity index (χ2n) is 5.33. The molecule has 7 heteroatoms. The predicted molar refractivity (Wildman–Crippen MR) is 74.2 cm³/mol. The fourth-order valence-corrected chi connectivity index (χ4v) is 2.48. The highest BCUT2D eigenvalue weighted by Gasteiger charge is 2.50. The molecule has 120 valence electrons. The van der Waals surface area contributed by atoms with E-state index in [4.69, 9.17) is 9.15 Å². The highest BCUT2D eigenvalue weighted by Crippen LogP contribution is 2.41. The number of allylic oxidation sites excluding steroid dienone is 2. The minimum Gasteiger partial charge on any atom is -0.486 e. The summed E-state index contributed by atoms with van der Waals surface area (Å²) < 4.78 is 50.3. The number of furan rings is 1. The van der Waals surface area contributed by atoms with Gasteiger partial charge < -0.3 is 9.15 Å². The standard InChI is InChI=1S/C16H11F3O4/c1-7(2)22-15-11(16(17,18)19)12(20)10-8-5-3-4-6-9(8)23-14(10)13(15)21/h3-7H,1-2H3. The third-order valence-corrected chi connectivity index (χ3v) is 3.33. The maximum absolute atomic E-state index is 13.3. The van der Waals surface area contributed by atoms with Crippen molar-refractivity contribution in [1.82, 2.24) is 0 Å². The van der Waals surface area contributed by atoms with Crippen LogP contribution in [-0.2, 0) is 4.74 Å². The summed E-state index contributed by atoms with van der Waals surface area (Å²) in [6.45, 7) is 2.93. The summed E-state index contributed by atoms with van der Waals surface area (Å²) in [6, 6.07) is 6.05. The Morgan fingerprint density at radius 2 is 1.74 bits per heavy atom. The normalized spacial score (nSPS) is 15.6. The van der Waals surface area contributed by atoms with Gasteiger partial charge in [-0.05, 0) is 19.9 Å². The lowest BCUT2D eigenvalue weighted by molar-refractivity contribution is -0.0927. The van der Waals surface area contributed by atoms with Gasteiger partial charge in [-0.1, -0.05) is 18.2 Å². The molecule has 0 spiro atoms. The molecule has 0 N–H and O–H groups in total. The number of rotatable bonds is 2. The zero-order valence-electron chi connectivity index (χ0n) is 12.2. The van der Waals surface area contributed by atoms with Crippen molar-refractivity contribution in [2.45, 2.75) is 26.1 Å². The monoisotopic (exact) mass is 324 g/mol. The number of alkyl halides is 3. The first kappa shape index (κ1) is 15.3. The third kappa shape index (κ3) is 2.32. The second kappa shape index (κ2) is 4.97. The van der Waals surface area contributed by atoms with Crippen molar-refractivity contribution in [3.63, 3.8) is 0 Å². The average Bonchev–Trinajstić information content (AvgIpc) is 2.82. The number of hydrogen-bond donors (Lipinski definition) is 0. The van der Waals surface area contributed by atoms with Gasteiger partial charge in [-0.25, -0.2) is 0 Å². The molecule has 1 aliphatic carbocycles. The summed E-state index contributed by atoms with van der Waals surface area (Å²) in [5.41, 5.74) is -1.78. The zero-order chi connectivity index (χ0) is 16.9. The molecule has 4 nitrogen and oxygen atoms in total. The Balaban J connectivity index is 2.31. The Labute approximate surface area is 128 Å². The molecule has 0 saturated carbocycles. The van der Waals surface area contributed by atoms with Gasteiger partial charge in [0.05, 0.1) is 11.7 Å². The SMILES string of the molecule is CC(C)OC1=C(C(F)(F)F)C(=O)c2c(oc3ccccc23)C1=O. The van der Waals surface area contributed by atoms with Crippen LogP contribution in [0.4, 0.5) is 13.2 Å². The van der Waals surface area contributed by atoms with E-state index in [1.165, 1.54) is 26.0 Å². The number of ether oxygens (including phenoxy) is 1. The van der Waals surface area contributed by atoms with Gasteiger partial charge in [0, 0.05) is 5.39 Å². The molecular formula is C16H11F3O4. The largest absolute Gasteiger partial charge is 0.486 e. The Kier molecular flexibility index (Phi) is 3.31. The number of ketones is 2. The van der Waals surface area contributed by atoms with E-state index in [9.17, 15) is 22.8 Å². The van der Waals surface area contributed by atoms with Crippen LogP contribution in [0.1, 0.15) is 34.8 Å². The molecule has 1 aromatic heterocycles. The molecule has 0 radical (unpaired) electrons. The maximum atomic E-state index is 13.3. The number of carbonyl (C=O) groups is 2. The number of hydrogen-bond acceptors (Lipinski definition) is 4. The first-order valence-electron chi connectivity index (χ1n) is 6.81. The van der Waals surface area contributed by atoms with Crippen LogP contribution in [0.15, 0.2) is 40.0 Å². The molecule has 0 fully saturated rings. The van der Waals surface area contributed by atoms with Crippen LogP contribution < -0.4 is 0 Å². The van der Waals surface area contributed by atoms with Crippen LogP contribution in [0.5, 0.6) is 0 Å². The molecule has 0 saturated heterocycles. The van der Waals surface area contributed by atoms with Crippen LogP contribution in [-0.4, -0.2) is 23.8 Å². The minimum absolute atomic E-state index is 0.172. The summed E-state index contributed by atoms with van der Waals surface area (Å²) in [5, 5.41) is 0.172. The van der Waals surface area contributed by atoms with Crippen molar-refractivity contribution in [2.24, 2.45) is 0 Å². The lowest BCUT2D eigenvalue weighted by Gasteiger charge is -2.21. The fraction of sp³-hybridized carbons (Fsp3) is 0.250. The van der Waals surface area contributed by atoms with Crippen molar-refractivity contribution in [1.29, 1.82) is 0 Å². The number of benzene rings is 1. The van der Waals surface area contributed by atoms with Crippen molar-refractivity contribution < 1.29 is 31.9 Å². The van der Waals surface area contributed by atoms with E-state index in [1.807, 2.05) is 0 Å². The highest BCUT2D eigenvalue weighted by molar-refractivity contribution is 6.29. The maximum Gasteiger partial charge on any atom is 0.423 e. The average molecular weight is 324 g/mol. The molecule has 0 aliphatic heterocycles. The lowest BCUT2D eigenvalue weighted by atomic mass is 9.91. The van der Waals surface area contributed by atoms with Gasteiger partial charge in [0.15, 0.2) is 11.5 Å². The van der Waals surface area contributed by atoms with Crippen molar-refractivity contribution in [2.75, 3.05) is 0 Å². The van der Waals surface area contributed by atoms with Gasteiger partial charge >= 0.3 is 6.18 Å². The molecule has 1 aliphatic rings. The predicted octanol–water partition coefficient (Wildman–Crippen LogP) is 4.05. The summed E-state index contributed by atoms with van der Waals surface area (Å²) >= 11 is 0. The van der Waals surface area contributed by atoms with Crippen molar-refractivity contribution in [3.05, 3.63) is 46.9 Å². The fourth-order valence-electron chi connectivity index (χ4n) is 2.48. The minimum atomic E-state index is -5.01. The van der Waals surface area contributed by atoms with Gasteiger partial charge in [-0.2, -0.15) is 13.2 Å². The third-order valence-electron chi connectivity index (χ3n) is 3.33. The smallest absolute Gasteiger partial charge is 0.423 e. The molecule has 1 aromatic carbocycles. The summed E-state index contributed by atoms with van der Waals surface area (Å²) in [6.07, 6.45) is -5.71. The molecule has 0 atom stereocenters. The van der Waals surface area contributed by atoms with Crippen LogP contribution in [0.25, 0.3) is 11.0 Å². The van der Waals surface area contributed by atoms with Crippen LogP contribution in [0, 0.1) is 0 Å². The molecule has 23 heavy (non-hydrogen) atoms. The molecule has 0 amide bonds. The van der Waals surface area contributed by atoms with E-state index in [0.29, 0.717) is 0 Å². The summed E-state index contributed by atoms with van der Waals surface area (Å²) in [7, 11) is 0. The number of fused-ring (bicyclic) bond motifs is 3. The summed E-state index contributed by atoms with van der Waals surface area (Å²) in [5.74, 6) is -3.81. The molecule has 1 heterocycles. The van der Waals surface area contributed by atoms with E-state index < -0.39 is 40.9 Å². The highest BCUT2D eigenvalue weighted by atomic mass is 19.4. The van der Waals surface area contributed by atoms with Crippen LogP contribution >= 0.6 is 0 Å². The van der Waals surface area contributed by atoms with Crippen LogP contribution in [0.2, 0.25) is 0 Å². The van der Waals surface area contributed by atoms with Crippen molar-refractivity contribution >= 4 is 22.5 Å². The number of para-hydroxylation sites is 1. The molecular weight excluding hydrogens is 313 g/mol. The van der Waals surface area contributed by atoms with E-state index in [2.05, 4.69) is 0 Å². The van der Waals surface area contributed by atoms with Gasteiger partial charge in [0.25, 0.3) is 5.78 Å². The first-order valence-corrected chi connectivity index (χ1v) is 6.81. The van der Waals surface area contributed by atoms with Gasteiger partial charge in [-0.3, -0.25) is 9.59 Å². The molecule has 2 aromatic rings. The van der Waals surface area contributed by atoms with Gasteiger partial charge in [-0.15, -0.1) is 0 Å². The number of carbonyl (C=O) groups excluding carboxylic acids is 2. The van der Waals surface area contributed by atoms with E-state index >= 15 is 0 Å².